The Balaban J connectivity index is 2.44. The molecule has 0 aromatic rings. The highest BCUT2D eigenvalue weighted by atomic mass is 19.2. The zero-order valence-electron chi connectivity index (χ0n) is 4.35. The number of hydrogen-bond donors (Lipinski definition) is 0. The lowest BCUT2D eigenvalue weighted by Gasteiger charge is -2.12. The Bertz CT molecular complexity index is 90.6. The van der Waals surface area contributed by atoms with Crippen LogP contribution in [0.3, 0.4) is 0 Å². The maximum atomic E-state index is 12.1. The van der Waals surface area contributed by atoms with Gasteiger partial charge in [0.25, 0.3) is 0 Å². The first-order valence-corrected chi connectivity index (χ1v) is 2.57. The zero-order valence-corrected chi connectivity index (χ0v) is 4.35. The van der Waals surface area contributed by atoms with Gasteiger partial charge in [0.2, 0.25) is 0 Å². The molecule has 0 spiro atoms. The van der Waals surface area contributed by atoms with E-state index in [0.29, 0.717) is 0 Å². The van der Waals surface area contributed by atoms with Crippen LogP contribution in [0.2, 0.25) is 0 Å². The summed E-state index contributed by atoms with van der Waals surface area (Å²) in [5, 5.41) is 0. The van der Waals surface area contributed by atoms with Crippen LogP contribution in [0.4, 0.5) is 8.78 Å². The Morgan fingerprint density at radius 2 is 2.12 bits per heavy atom. The minimum atomic E-state index is -1.36. The Morgan fingerprint density at radius 1 is 1.38 bits per heavy atom. The molecule has 1 heterocycles. The molecule has 46 valence electrons. The molecule has 1 aliphatic heterocycles. The van der Waals surface area contributed by atoms with Crippen LogP contribution in [0.15, 0.2) is 4.99 Å². The van der Waals surface area contributed by atoms with E-state index in [1.54, 1.807) is 0 Å². The fraction of sp³-hybridized carbons (Fsp3) is 0.800. The summed E-state index contributed by atoms with van der Waals surface area (Å²) in [4.78, 5) is 3.57. The lowest BCUT2D eigenvalue weighted by Crippen LogP contribution is -2.24. The van der Waals surface area contributed by atoms with Crippen LogP contribution in [0, 0.1) is 0 Å². The van der Waals surface area contributed by atoms with Gasteiger partial charge in [0.05, 0.1) is 6.54 Å². The minimum Gasteiger partial charge on any atom is -0.294 e. The number of rotatable bonds is 0. The molecule has 1 aliphatic rings. The molecule has 1 nitrogen and oxygen atoms in total. The zero-order chi connectivity index (χ0) is 5.98. The van der Waals surface area contributed by atoms with Gasteiger partial charge in [-0.25, -0.2) is 8.78 Å². The predicted octanol–water partition coefficient (Wildman–Crippen LogP) is 1.14. The molecule has 0 saturated heterocycles. The molecule has 3 heteroatoms. The summed E-state index contributed by atoms with van der Waals surface area (Å²) in [7, 11) is 0. The van der Waals surface area contributed by atoms with Gasteiger partial charge in [-0.05, 0) is 0 Å². The molecule has 0 saturated carbocycles. The van der Waals surface area contributed by atoms with E-state index < -0.39 is 12.3 Å². The predicted molar refractivity (Wildman–Crippen MR) is 27.8 cm³/mol. The fourth-order valence-electron chi connectivity index (χ4n) is 0.613. The second-order valence-corrected chi connectivity index (χ2v) is 1.82. The Hall–Kier alpha value is -0.470. The molecule has 2 unspecified atom stereocenters. The van der Waals surface area contributed by atoms with Crippen molar-refractivity contribution in [1.82, 2.24) is 0 Å². The first kappa shape index (κ1) is 5.66. The molecule has 0 fully saturated rings. The average molecular weight is 119 g/mol. The standard InChI is InChI=1S/C5H7F2N/c6-4-1-2-8-3-5(4)7/h2,4-5H,1,3H2. The third kappa shape index (κ3) is 1.02. The van der Waals surface area contributed by atoms with Gasteiger partial charge in [0.15, 0.2) is 6.17 Å². The number of aliphatic imine (C=N–C) groups is 1. The van der Waals surface area contributed by atoms with E-state index in [1.165, 1.54) is 6.21 Å². The van der Waals surface area contributed by atoms with Crippen molar-refractivity contribution < 1.29 is 8.78 Å². The van der Waals surface area contributed by atoms with E-state index in [4.69, 9.17) is 0 Å². The van der Waals surface area contributed by atoms with Crippen molar-refractivity contribution in [2.24, 2.45) is 4.99 Å². The van der Waals surface area contributed by atoms with E-state index in [1.807, 2.05) is 0 Å². The van der Waals surface area contributed by atoms with Gasteiger partial charge in [-0.2, -0.15) is 0 Å². The molecule has 0 aromatic carbocycles. The maximum absolute atomic E-state index is 12.1. The fourth-order valence-corrected chi connectivity index (χ4v) is 0.613. The molecule has 0 N–H and O–H groups in total. The Labute approximate surface area is 46.4 Å². The molecule has 0 aromatic heterocycles. The van der Waals surface area contributed by atoms with Crippen LogP contribution in [-0.4, -0.2) is 25.1 Å². The second-order valence-electron chi connectivity index (χ2n) is 1.82. The molecular formula is C5H7F2N. The minimum absolute atomic E-state index is 0.00116. The summed E-state index contributed by atoms with van der Waals surface area (Å²) < 4.78 is 24.2. The highest BCUT2D eigenvalue weighted by molar-refractivity contribution is 5.59. The quantitative estimate of drug-likeness (QED) is 0.453. The van der Waals surface area contributed by atoms with Crippen LogP contribution < -0.4 is 0 Å². The van der Waals surface area contributed by atoms with Crippen molar-refractivity contribution in [3.05, 3.63) is 0 Å². The summed E-state index contributed by atoms with van der Waals surface area (Å²) in [5.74, 6) is 0. The molecule has 0 radical (unpaired) electrons. The third-order valence-electron chi connectivity index (χ3n) is 1.13. The van der Waals surface area contributed by atoms with Gasteiger partial charge in [-0.1, -0.05) is 0 Å². The SMILES string of the molecule is FC1CC=NCC1F. The second kappa shape index (κ2) is 2.20. The van der Waals surface area contributed by atoms with Crippen LogP contribution in [0.5, 0.6) is 0 Å². The van der Waals surface area contributed by atoms with Gasteiger partial charge >= 0.3 is 0 Å². The van der Waals surface area contributed by atoms with Gasteiger partial charge in [-0.3, -0.25) is 4.99 Å². The highest BCUT2D eigenvalue weighted by Crippen LogP contribution is 2.10. The number of alkyl halides is 2. The van der Waals surface area contributed by atoms with Crippen molar-refractivity contribution >= 4 is 6.21 Å². The molecule has 0 amide bonds. The Kier molecular flexibility index (Phi) is 1.56. The topological polar surface area (TPSA) is 12.4 Å². The van der Waals surface area contributed by atoms with E-state index in [-0.39, 0.29) is 13.0 Å². The number of hydrogen-bond acceptors (Lipinski definition) is 1. The summed E-state index contributed by atoms with van der Waals surface area (Å²) in [6, 6.07) is 0. The summed E-state index contributed by atoms with van der Waals surface area (Å²) in [6.07, 6.45) is -1.10. The first-order chi connectivity index (χ1) is 3.80. The van der Waals surface area contributed by atoms with Crippen LogP contribution in [0.25, 0.3) is 0 Å². The summed E-state index contributed by atoms with van der Waals surface area (Å²) in [6.45, 7) is 0.00116. The van der Waals surface area contributed by atoms with Crippen molar-refractivity contribution in [2.45, 2.75) is 18.8 Å². The molecule has 1 rings (SSSR count). The normalized spacial score (nSPS) is 37.8. The summed E-state index contributed by atoms with van der Waals surface area (Å²) in [5.41, 5.74) is 0. The van der Waals surface area contributed by atoms with E-state index in [9.17, 15) is 8.78 Å². The number of nitrogens with zero attached hydrogens (tertiary/aromatic N) is 1. The maximum Gasteiger partial charge on any atom is 0.151 e. The van der Waals surface area contributed by atoms with E-state index in [2.05, 4.69) is 4.99 Å². The lowest BCUT2D eigenvalue weighted by atomic mass is 10.1. The third-order valence-corrected chi connectivity index (χ3v) is 1.13. The molecule has 0 bridgehead atoms. The highest BCUT2D eigenvalue weighted by Gasteiger charge is 2.20. The molecule has 8 heavy (non-hydrogen) atoms. The van der Waals surface area contributed by atoms with Crippen LogP contribution in [-0.2, 0) is 0 Å². The smallest absolute Gasteiger partial charge is 0.151 e. The van der Waals surface area contributed by atoms with Crippen molar-refractivity contribution in [3.8, 4) is 0 Å². The lowest BCUT2D eigenvalue weighted by molar-refractivity contribution is 0.174. The van der Waals surface area contributed by atoms with Crippen molar-refractivity contribution in [2.75, 3.05) is 6.54 Å². The average Bonchev–Trinajstić information content (AvgIpc) is 1.77. The van der Waals surface area contributed by atoms with Crippen LogP contribution >= 0.6 is 0 Å². The first-order valence-electron chi connectivity index (χ1n) is 2.57. The Morgan fingerprint density at radius 3 is 2.50 bits per heavy atom. The van der Waals surface area contributed by atoms with Gasteiger partial charge in [0, 0.05) is 12.6 Å². The largest absolute Gasteiger partial charge is 0.294 e. The van der Waals surface area contributed by atoms with Gasteiger partial charge < -0.3 is 0 Å². The summed E-state index contributed by atoms with van der Waals surface area (Å²) >= 11 is 0. The van der Waals surface area contributed by atoms with Gasteiger partial charge in [-0.15, -0.1) is 0 Å². The monoisotopic (exact) mass is 119 g/mol. The molecular weight excluding hydrogens is 112 g/mol. The van der Waals surface area contributed by atoms with Crippen molar-refractivity contribution in [3.63, 3.8) is 0 Å². The van der Waals surface area contributed by atoms with Crippen LogP contribution in [0.1, 0.15) is 6.42 Å². The number of halogens is 2. The van der Waals surface area contributed by atoms with E-state index in [0.717, 1.165) is 0 Å². The van der Waals surface area contributed by atoms with Crippen molar-refractivity contribution in [1.29, 1.82) is 0 Å². The van der Waals surface area contributed by atoms with E-state index >= 15 is 0 Å². The van der Waals surface area contributed by atoms with Gasteiger partial charge in [0.1, 0.15) is 6.17 Å². The molecule has 2 atom stereocenters. The molecule has 0 aliphatic carbocycles.